The highest BCUT2D eigenvalue weighted by atomic mass is 32.2. The molecular formula is C24H32F2O12S. The molecule has 3 saturated carbocycles. The molecule has 4 rings (SSSR count). The van der Waals surface area contributed by atoms with Crippen LogP contribution in [-0.4, -0.2) is 73.3 Å². The first-order chi connectivity index (χ1) is 18.3. The molecule has 8 atom stereocenters. The van der Waals surface area contributed by atoms with Crippen LogP contribution in [0.15, 0.2) is 0 Å². The van der Waals surface area contributed by atoms with Gasteiger partial charge in [0.15, 0.2) is 6.10 Å². The van der Waals surface area contributed by atoms with Gasteiger partial charge in [0.1, 0.15) is 12.2 Å². The number of rotatable bonds is 12. The van der Waals surface area contributed by atoms with E-state index in [0.29, 0.717) is 20.0 Å². The summed E-state index contributed by atoms with van der Waals surface area (Å²) < 4.78 is 84.0. The molecule has 220 valence electrons. The number of halogens is 2. The van der Waals surface area contributed by atoms with Crippen molar-refractivity contribution in [2.75, 3.05) is 6.61 Å². The second-order valence-electron chi connectivity index (χ2n) is 10.4. The molecule has 1 saturated heterocycles. The lowest BCUT2D eigenvalue weighted by molar-refractivity contribution is -0.199. The molecule has 15 heteroatoms. The van der Waals surface area contributed by atoms with Gasteiger partial charge in [-0.15, -0.1) is 0 Å². The molecule has 0 aromatic carbocycles. The lowest BCUT2D eigenvalue weighted by Crippen LogP contribution is -2.45. The van der Waals surface area contributed by atoms with Crippen molar-refractivity contribution in [3.8, 4) is 0 Å². The van der Waals surface area contributed by atoms with Crippen LogP contribution in [0.3, 0.4) is 0 Å². The zero-order valence-electron chi connectivity index (χ0n) is 21.5. The molecule has 1 aliphatic heterocycles. The molecule has 0 aromatic heterocycles. The lowest BCUT2D eigenvalue weighted by atomic mass is 9.78. The highest BCUT2D eigenvalue weighted by Crippen LogP contribution is 2.59. The first-order valence-corrected chi connectivity index (χ1v) is 14.5. The first kappa shape index (κ1) is 29.6. The minimum absolute atomic E-state index is 0.0595. The Kier molecular flexibility index (Phi) is 8.53. The van der Waals surface area contributed by atoms with Gasteiger partial charge in [0.05, 0.1) is 24.7 Å². The second-order valence-corrected chi connectivity index (χ2v) is 11.9. The van der Waals surface area contributed by atoms with Crippen molar-refractivity contribution in [2.24, 2.45) is 29.6 Å². The fourth-order valence-corrected chi connectivity index (χ4v) is 6.74. The largest absolute Gasteiger partial charge is 0.458 e. The summed E-state index contributed by atoms with van der Waals surface area (Å²) in [4.78, 5) is 50.3. The van der Waals surface area contributed by atoms with Crippen LogP contribution in [0.1, 0.15) is 58.8 Å². The highest BCUT2D eigenvalue weighted by Gasteiger charge is 2.70. The predicted octanol–water partition coefficient (Wildman–Crippen LogP) is 1.99. The van der Waals surface area contributed by atoms with E-state index < -0.39 is 94.4 Å². The Morgan fingerprint density at radius 3 is 2.36 bits per heavy atom. The van der Waals surface area contributed by atoms with E-state index in [-0.39, 0.29) is 11.8 Å². The molecule has 4 aliphatic rings. The molecule has 0 spiro atoms. The number of ether oxygens (including phenoxy) is 5. The molecule has 0 amide bonds. The number of alkyl halides is 2. The van der Waals surface area contributed by atoms with E-state index in [1.165, 1.54) is 0 Å². The number of hydrogen-bond acceptors (Lipinski definition) is 11. The van der Waals surface area contributed by atoms with Crippen LogP contribution >= 0.6 is 0 Å². The molecule has 12 nitrogen and oxygen atoms in total. The van der Waals surface area contributed by atoms with Crippen molar-refractivity contribution in [1.29, 1.82) is 0 Å². The Balaban J connectivity index is 1.35. The minimum Gasteiger partial charge on any atom is -0.458 e. The van der Waals surface area contributed by atoms with Gasteiger partial charge in [0.25, 0.3) is 0 Å². The standard InChI is InChI=1S/C24H32F2O12S/c1-3-34-23(12-6-4-5-7-12)38-22(30)18-13-10-14-17(18)21(29)37-20(14)19(13)36-16(28)9-8-15(27)35-11(2)24(25,26)39(31,32)33/h11-14,17-20,23H,3-10H2,1-2H3,(H,31,32,33). The second kappa shape index (κ2) is 11.2. The van der Waals surface area contributed by atoms with Crippen molar-refractivity contribution in [2.45, 2.75) is 88.6 Å². The normalized spacial score (nSPS) is 31.6. The van der Waals surface area contributed by atoms with Gasteiger partial charge in [-0.3, -0.25) is 23.7 Å². The van der Waals surface area contributed by atoms with Crippen molar-refractivity contribution in [3.05, 3.63) is 0 Å². The maximum atomic E-state index is 13.6. The maximum absolute atomic E-state index is 13.6. The van der Waals surface area contributed by atoms with Crippen LogP contribution in [0.2, 0.25) is 0 Å². The summed E-state index contributed by atoms with van der Waals surface area (Å²) >= 11 is 0. The molecule has 0 aromatic rings. The monoisotopic (exact) mass is 582 g/mol. The van der Waals surface area contributed by atoms with Crippen LogP contribution in [-0.2, 0) is 53.0 Å². The van der Waals surface area contributed by atoms with E-state index in [1.54, 1.807) is 6.92 Å². The molecule has 1 heterocycles. The average Bonchev–Trinajstić information content (AvgIpc) is 3.61. The number of hydrogen-bond donors (Lipinski definition) is 1. The minimum atomic E-state index is -5.83. The summed E-state index contributed by atoms with van der Waals surface area (Å²) in [6.07, 6.45) is -2.16. The molecule has 3 aliphatic carbocycles. The Labute approximate surface area is 223 Å². The van der Waals surface area contributed by atoms with Crippen molar-refractivity contribution < 1.29 is 64.6 Å². The Morgan fingerprint density at radius 1 is 1.10 bits per heavy atom. The molecule has 39 heavy (non-hydrogen) atoms. The predicted molar refractivity (Wildman–Crippen MR) is 123 cm³/mol. The fourth-order valence-electron chi connectivity index (χ4n) is 6.27. The number of esters is 4. The fraction of sp³-hybridized carbons (Fsp3) is 0.833. The van der Waals surface area contributed by atoms with Gasteiger partial charge in [-0.05, 0) is 33.1 Å². The smallest absolute Gasteiger partial charge is 0.405 e. The van der Waals surface area contributed by atoms with Crippen molar-refractivity contribution >= 4 is 34.0 Å². The van der Waals surface area contributed by atoms with E-state index in [9.17, 15) is 36.4 Å². The van der Waals surface area contributed by atoms with Crippen LogP contribution in [0.25, 0.3) is 0 Å². The topological polar surface area (TPSA) is 169 Å². The zero-order valence-corrected chi connectivity index (χ0v) is 22.3. The van der Waals surface area contributed by atoms with Gasteiger partial charge in [-0.2, -0.15) is 17.2 Å². The van der Waals surface area contributed by atoms with Gasteiger partial charge in [0, 0.05) is 24.4 Å². The maximum Gasteiger partial charge on any atom is 0.405 e. The molecule has 8 unspecified atom stereocenters. The van der Waals surface area contributed by atoms with E-state index in [1.807, 2.05) is 0 Å². The Bertz CT molecular complexity index is 1090. The number of carbonyl (C=O) groups excluding carboxylic acids is 4. The van der Waals surface area contributed by atoms with Crippen LogP contribution in [0.5, 0.6) is 0 Å². The van der Waals surface area contributed by atoms with Gasteiger partial charge in [-0.1, -0.05) is 12.8 Å². The summed E-state index contributed by atoms with van der Waals surface area (Å²) in [7, 11) is -5.83. The van der Waals surface area contributed by atoms with E-state index in [2.05, 4.69) is 4.74 Å². The van der Waals surface area contributed by atoms with Gasteiger partial charge in [0.2, 0.25) is 6.29 Å². The van der Waals surface area contributed by atoms with Gasteiger partial charge >= 0.3 is 39.2 Å². The molecule has 0 radical (unpaired) electrons. The Morgan fingerprint density at radius 2 is 1.74 bits per heavy atom. The highest BCUT2D eigenvalue weighted by molar-refractivity contribution is 7.86. The summed E-state index contributed by atoms with van der Waals surface area (Å²) in [6, 6.07) is 0. The van der Waals surface area contributed by atoms with Crippen LogP contribution in [0.4, 0.5) is 8.78 Å². The molecule has 1 N–H and O–H groups in total. The average molecular weight is 583 g/mol. The van der Waals surface area contributed by atoms with Crippen molar-refractivity contribution in [3.63, 3.8) is 0 Å². The summed E-state index contributed by atoms with van der Waals surface area (Å²) in [5.74, 6) is -5.88. The number of fused-ring (bicyclic) bond motifs is 1. The summed E-state index contributed by atoms with van der Waals surface area (Å²) in [5.41, 5.74) is 0. The molecular weight excluding hydrogens is 550 g/mol. The van der Waals surface area contributed by atoms with E-state index >= 15 is 0 Å². The third-order valence-electron chi connectivity index (χ3n) is 8.09. The SMILES string of the molecule is CCOC(OC(=O)C1C2CC3C(OC(=O)C31)C2OC(=O)CCC(=O)OC(C)C(F)(F)S(=O)(=O)O)C1CCCC1. The van der Waals surface area contributed by atoms with Gasteiger partial charge < -0.3 is 23.7 Å². The van der Waals surface area contributed by atoms with E-state index in [0.717, 1.165) is 25.7 Å². The van der Waals surface area contributed by atoms with Gasteiger partial charge in [-0.25, -0.2) is 0 Å². The zero-order chi connectivity index (χ0) is 28.7. The van der Waals surface area contributed by atoms with Crippen LogP contribution < -0.4 is 0 Å². The Hall–Kier alpha value is -2.39. The quantitative estimate of drug-likeness (QED) is 0.154. The van der Waals surface area contributed by atoms with Crippen molar-refractivity contribution in [1.82, 2.24) is 0 Å². The summed E-state index contributed by atoms with van der Waals surface area (Å²) in [5, 5.41) is -4.74. The molecule has 2 bridgehead atoms. The lowest BCUT2D eigenvalue weighted by Gasteiger charge is -2.32. The third-order valence-corrected chi connectivity index (χ3v) is 9.11. The number of carbonyl (C=O) groups is 4. The first-order valence-electron chi connectivity index (χ1n) is 13.0. The van der Waals surface area contributed by atoms with Crippen LogP contribution in [0, 0.1) is 29.6 Å². The third kappa shape index (κ3) is 5.75. The molecule has 4 fully saturated rings. The summed E-state index contributed by atoms with van der Waals surface area (Å²) in [6.45, 7) is 2.71. The van der Waals surface area contributed by atoms with E-state index in [4.69, 9.17) is 23.5 Å².